The van der Waals surface area contributed by atoms with Crippen LogP contribution in [-0.4, -0.2) is 26.1 Å². The number of ether oxygens (including phenoxy) is 1. The summed E-state index contributed by atoms with van der Waals surface area (Å²) in [7, 11) is -3.89. The van der Waals surface area contributed by atoms with Crippen LogP contribution in [0, 0.1) is 6.92 Å². The first-order valence-electron chi connectivity index (χ1n) is 5.81. The minimum Gasteiger partial charge on any atom is -0.482 e. The monoisotopic (exact) mass is 328 g/mol. The molecule has 0 amide bonds. The van der Waals surface area contributed by atoms with Crippen LogP contribution >= 0.6 is 11.3 Å². The van der Waals surface area contributed by atoms with Crippen LogP contribution in [0.5, 0.6) is 11.5 Å². The summed E-state index contributed by atoms with van der Waals surface area (Å²) in [4.78, 5) is 10.5. The van der Waals surface area contributed by atoms with Crippen molar-refractivity contribution >= 4 is 27.4 Å². The summed E-state index contributed by atoms with van der Waals surface area (Å²) in [6, 6.07) is 7.50. The van der Waals surface area contributed by atoms with Gasteiger partial charge in [-0.25, -0.2) is 4.79 Å². The van der Waals surface area contributed by atoms with Crippen LogP contribution in [0.4, 0.5) is 0 Å². The lowest BCUT2D eigenvalue weighted by molar-refractivity contribution is -0.139. The van der Waals surface area contributed by atoms with Gasteiger partial charge in [0.25, 0.3) is 0 Å². The topological polar surface area (TPSA) is 89.9 Å². The molecule has 1 heterocycles. The van der Waals surface area contributed by atoms with Gasteiger partial charge in [-0.1, -0.05) is 6.07 Å². The zero-order valence-corrected chi connectivity index (χ0v) is 12.6. The Balaban J connectivity index is 2.22. The van der Waals surface area contributed by atoms with E-state index in [1.165, 1.54) is 18.2 Å². The SMILES string of the molecule is Cc1cc(OCC(=O)O)cc(OS(=O)(=O)c2cccs2)c1. The molecule has 0 aliphatic heterocycles. The zero-order valence-electron chi connectivity index (χ0n) is 11.0. The van der Waals surface area contributed by atoms with Crippen LogP contribution < -0.4 is 8.92 Å². The van der Waals surface area contributed by atoms with Crippen LogP contribution in [0.2, 0.25) is 0 Å². The van der Waals surface area contributed by atoms with E-state index in [2.05, 4.69) is 0 Å². The van der Waals surface area contributed by atoms with Crippen molar-refractivity contribution in [1.29, 1.82) is 0 Å². The highest BCUT2D eigenvalue weighted by atomic mass is 32.3. The van der Waals surface area contributed by atoms with Crippen molar-refractivity contribution in [2.45, 2.75) is 11.1 Å². The number of rotatable bonds is 6. The number of hydrogen-bond acceptors (Lipinski definition) is 6. The van der Waals surface area contributed by atoms with Crippen molar-refractivity contribution in [1.82, 2.24) is 0 Å². The van der Waals surface area contributed by atoms with E-state index in [1.807, 2.05) is 0 Å². The van der Waals surface area contributed by atoms with E-state index in [4.69, 9.17) is 14.0 Å². The van der Waals surface area contributed by atoms with E-state index >= 15 is 0 Å². The van der Waals surface area contributed by atoms with E-state index < -0.39 is 22.7 Å². The molecular weight excluding hydrogens is 316 g/mol. The van der Waals surface area contributed by atoms with Crippen LogP contribution in [0.3, 0.4) is 0 Å². The molecule has 0 bridgehead atoms. The molecule has 2 aromatic rings. The molecule has 0 saturated carbocycles. The predicted molar refractivity (Wildman–Crippen MR) is 76.4 cm³/mol. The molecule has 0 saturated heterocycles. The number of benzene rings is 1. The van der Waals surface area contributed by atoms with E-state index in [-0.39, 0.29) is 15.7 Å². The molecule has 112 valence electrons. The second kappa shape index (κ2) is 6.15. The molecule has 8 heteroatoms. The Morgan fingerprint density at radius 1 is 1.29 bits per heavy atom. The number of aliphatic carboxylic acids is 1. The Labute approximate surface area is 125 Å². The third-order valence-electron chi connectivity index (χ3n) is 2.33. The molecule has 0 spiro atoms. The smallest absolute Gasteiger partial charge is 0.348 e. The maximum Gasteiger partial charge on any atom is 0.348 e. The van der Waals surface area contributed by atoms with Crippen molar-refractivity contribution in [3.8, 4) is 11.5 Å². The predicted octanol–water partition coefficient (Wildman–Crippen LogP) is 2.29. The van der Waals surface area contributed by atoms with Crippen molar-refractivity contribution in [2.24, 2.45) is 0 Å². The molecule has 1 aromatic carbocycles. The van der Waals surface area contributed by atoms with Crippen LogP contribution in [0.25, 0.3) is 0 Å². The highest BCUT2D eigenvalue weighted by molar-refractivity contribution is 7.89. The average molecular weight is 328 g/mol. The highest BCUT2D eigenvalue weighted by Crippen LogP contribution is 2.27. The Morgan fingerprint density at radius 2 is 2.00 bits per heavy atom. The molecule has 0 unspecified atom stereocenters. The summed E-state index contributed by atoms with van der Waals surface area (Å²) in [5, 5.41) is 10.2. The molecule has 0 atom stereocenters. The summed E-state index contributed by atoms with van der Waals surface area (Å²) in [6.45, 7) is 1.21. The molecule has 6 nitrogen and oxygen atoms in total. The first-order chi connectivity index (χ1) is 9.87. The van der Waals surface area contributed by atoms with Gasteiger partial charge in [-0.2, -0.15) is 8.42 Å². The largest absolute Gasteiger partial charge is 0.482 e. The standard InChI is InChI=1S/C13H12O6S2/c1-9-5-10(18-8-12(14)15)7-11(6-9)19-21(16,17)13-3-2-4-20-13/h2-7H,8H2,1H3,(H,14,15). The fraction of sp³-hybridized carbons (Fsp3) is 0.154. The van der Waals surface area contributed by atoms with Crippen molar-refractivity contribution in [3.05, 3.63) is 41.3 Å². The number of thiophene rings is 1. The van der Waals surface area contributed by atoms with Gasteiger partial charge in [0, 0.05) is 6.07 Å². The van der Waals surface area contributed by atoms with Crippen LogP contribution in [0.15, 0.2) is 39.9 Å². The summed E-state index contributed by atoms with van der Waals surface area (Å²) < 4.78 is 34.2. The van der Waals surface area contributed by atoms with E-state index in [0.29, 0.717) is 5.56 Å². The van der Waals surface area contributed by atoms with Gasteiger partial charge >= 0.3 is 16.1 Å². The molecule has 2 rings (SSSR count). The van der Waals surface area contributed by atoms with Gasteiger partial charge in [0.05, 0.1) is 0 Å². The van der Waals surface area contributed by atoms with Gasteiger partial charge in [-0.15, -0.1) is 11.3 Å². The molecule has 0 aliphatic rings. The third kappa shape index (κ3) is 4.20. The van der Waals surface area contributed by atoms with Gasteiger partial charge in [0.2, 0.25) is 0 Å². The minimum absolute atomic E-state index is 0.0730. The summed E-state index contributed by atoms with van der Waals surface area (Å²) in [5.74, 6) is -0.817. The summed E-state index contributed by atoms with van der Waals surface area (Å²) in [6.07, 6.45) is 0. The van der Waals surface area contributed by atoms with Gasteiger partial charge in [0.15, 0.2) is 10.8 Å². The lowest BCUT2D eigenvalue weighted by Crippen LogP contribution is -2.10. The maximum absolute atomic E-state index is 12.0. The van der Waals surface area contributed by atoms with E-state index in [9.17, 15) is 13.2 Å². The van der Waals surface area contributed by atoms with Crippen LogP contribution in [0.1, 0.15) is 5.56 Å². The summed E-state index contributed by atoms with van der Waals surface area (Å²) in [5.41, 5.74) is 0.689. The lowest BCUT2D eigenvalue weighted by atomic mass is 10.2. The fourth-order valence-electron chi connectivity index (χ4n) is 1.56. The van der Waals surface area contributed by atoms with E-state index in [1.54, 1.807) is 24.4 Å². The number of carboxylic acids is 1. The molecule has 0 aliphatic carbocycles. The van der Waals surface area contributed by atoms with Gasteiger partial charge in [0.1, 0.15) is 11.5 Å². The zero-order chi connectivity index (χ0) is 15.5. The maximum atomic E-state index is 12.0. The number of carboxylic acid groups (broad SMARTS) is 1. The number of hydrogen-bond donors (Lipinski definition) is 1. The Kier molecular flexibility index (Phi) is 4.49. The lowest BCUT2D eigenvalue weighted by Gasteiger charge is -2.09. The Hall–Kier alpha value is -2.06. The van der Waals surface area contributed by atoms with Gasteiger partial charge in [-0.3, -0.25) is 0 Å². The Morgan fingerprint density at radius 3 is 2.62 bits per heavy atom. The highest BCUT2D eigenvalue weighted by Gasteiger charge is 2.18. The van der Waals surface area contributed by atoms with Crippen molar-refractivity contribution in [2.75, 3.05) is 6.61 Å². The molecule has 0 fully saturated rings. The molecule has 0 radical (unpaired) electrons. The number of carbonyl (C=O) groups is 1. The van der Waals surface area contributed by atoms with E-state index in [0.717, 1.165) is 11.3 Å². The summed E-state index contributed by atoms with van der Waals surface area (Å²) >= 11 is 1.05. The van der Waals surface area contributed by atoms with Gasteiger partial charge < -0.3 is 14.0 Å². The molecule has 21 heavy (non-hydrogen) atoms. The van der Waals surface area contributed by atoms with Crippen LogP contribution in [-0.2, 0) is 14.9 Å². The first-order valence-corrected chi connectivity index (χ1v) is 8.10. The molecular formula is C13H12O6S2. The van der Waals surface area contributed by atoms with Crippen molar-refractivity contribution < 1.29 is 27.2 Å². The van der Waals surface area contributed by atoms with Crippen molar-refractivity contribution in [3.63, 3.8) is 0 Å². The molecule has 1 N–H and O–H groups in total. The first kappa shape index (κ1) is 15.3. The second-order valence-electron chi connectivity index (χ2n) is 4.13. The molecule has 1 aromatic heterocycles. The minimum atomic E-state index is -3.89. The average Bonchev–Trinajstić information content (AvgIpc) is 2.89. The van der Waals surface area contributed by atoms with Gasteiger partial charge in [-0.05, 0) is 36.1 Å². The number of aryl methyl sites for hydroxylation is 1. The third-order valence-corrected chi connectivity index (χ3v) is 4.94. The fourth-order valence-corrected chi connectivity index (χ4v) is 3.43. The quantitative estimate of drug-likeness (QED) is 0.818. The second-order valence-corrected chi connectivity index (χ2v) is 6.85. The normalized spacial score (nSPS) is 11.1. The Bertz CT molecular complexity index is 734.